The monoisotopic (exact) mass is 274 g/mol. The van der Waals surface area contributed by atoms with Gasteiger partial charge in [0.15, 0.2) is 5.82 Å². The minimum Gasteiger partial charge on any atom is -0.372 e. The first kappa shape index (κ1) is 14.0. The molecule has 2 aromatic heterocycles. The van der Waals surface area contributed by atoms with E-state index in [-0.39, 0.29) is 5.91 Å². The molecule has 2 heterocycles. The summed E-state index contributed by atoms with van der Waals surface area (Å²) in [6.07, 6.45) is 1.64. The van der Waals surface area contributed by atoms with Crippen LogP contribution in [0.25, 0.3) is 0 Å². The fraction of sp³-hybridized carbons (Fsp3) is 0.357. The molecule has 0 atom stereocenters. The van der Waals surface area contributed by atoms with Crippen LogP contribution in [0.2, 0.25) is 0 Å². The molecule has 106 valence electrons. The Kier molecular flexibility index (Phi) is 4.34. The lowest BCUT2D eigenvalue weighted by molar-refractivity contribution is 0.102. The SMILES string of the molecule is CCN(CC)c1ccnc(C(=O)Nc2cc(C)on2)c1. The van der Waals surface area contributed by atoms with Crippen LogP contribution in [0.15, 0.2) is 28.9 Å². The van der Waals surface area contributed by atoms with Crippen molar-refractivity contribution in [1.29, 1.82) is 0 Å². The second-order valence-corrected chi connectivity index (χ2v) is 4.35. The number of amides is 1. The summed E-state index contributed by atoms with van der Waals surface area (Å²) in [6.45, 7) is 7.67. The zero-order valence-electron chi connectivity index (χ0n) is 11.9. The molecule has 1 amide bonds. The average Bonchev–Trinajstić information content (AvgIpc) is 2.86. The maximum atomic E-state index is 12.1. The van der Waals surface area contributed by atoms with Crippen molar-refractivity contribution in [2.24, 2.45) is 0 Å². The average molecular weight is 274 g/mol. The number of aryl methyl sites for hydroxylation is 1. The second kappa shape index (κ2) is 6.18. The van der Waals surface area contributed by atoms with Gasteiger partial charge in [-0.2, -0.15) is 0 Å². The van der Waals surface area contributed by atoms with Gasteiger partial charge in [-0.1, -0.05) is 5.16 Å². The van der Waals surface area contributed by atoms with E-state index in [1.165, 1.54) is 0 Å². The van der Waals surface area contributed by atoms with Crippen LogP contribution >= 0.6 is 0 Å². The first-order chi connectivity index (χ1) is 9.63. The molecule has 20 heavy (non-hydrogen) atoms. The van der Waals surface area contributed by atoms with Gasteiger partial charge in [-0.05, 0) is 32.9 Å². The van der Waals surface area contributed by atoms with Crippen LogP contribution in [0.3, 0.4) is 0 Å². The molecule has 2 aromatic rings. The summed E-state index contributed by atoms with van der Waals surface area (Å²) in [5.41, 5.74) is 1.33. The van der Waals surface area contributed by atoms with Crippen molar-refractivity contribution in [2.75, 3.05) is 23.3 Å². The molecule has 6 nitrogen and oxygen atoms in total. The van der Waals surface area contributed by atoms with Crippen LogP contribution in [-0.2, 0) is 0 Å². The number of carbonyl (C=O) groups excluding carboxylic acids is 1. The molecule has 0 aromatic carbocycles. The number of hydrogen-bond acceptors (Lipinski definition) is 5. The van der Waals surface area contributed by atoms with Gasteiger partial charge in [0.05, 0.1) is 0 Å². The molecule has 0 aliphatic rings. The number of aromatic nitrogens is 2. The quantitative estimate of drug-likeness (QED) is 0.907. The van der Waals surface area contributed by atoms with E-state index < -0.39 is 0 Å². The topological polar surface area (TPSA) is 71.3 Å². The minimum absolute atomic E-state index is 0.299. The number of anilines is 2. The summed E-state index contributed by atoms with van der Waals surface area (Å²) < 4.78 is 4.90. The van der Waals surface area contributed by atoms with Gasteiger partial charge in [0.25, 0.3) is 5.91 Å². The highest BCUT2D eigenvalue weighted by molar-refractivity contribution is 6.02. The smallest absolute Gasteiger partial charge is 0.275 e. The number of hydrogen-bond donors (Lipinski definition) is 1. The standard InChI is InChI=1S/C14H18N4O2/c1-4-18(5-2)11-6-7-15-12(9-11)14(19)16-13-8-10(3)20-17-13/h6-9H,4-5H2,1-3H3,(H,16,17,19). The molecule has 0 bridgehead atoms. The van der Waals surface area contributed by atoms with Crippen molar-refractivity contribution in [1.82, 2.24) is 10.1 Å². The molecule has 0 aliphatic heterocycles. The van der Waals surface area contributed by atoms with E-state index in [0.29, 0.717) is 17.3 Å². The highest BCUT2D eigenvalue weighted by atomic mass is 16.5. The van der Waals surface area contributed by atoms with E-state index in [4.69, 9.17) is 4.52 Å². The van der Waals surface area contributed by atoms with Crippen LogP contribution in [0.5, 0.6) is 0 Å². The van der Waals surface area contributed by atoms with Crippen molar-refractivity contribution in [3.8, 4) is 0 Å². The molecule has 0 fully saturated rings. The summed E-state index contributed by atoms with van der Waals surface area (Å²) >= 11 is 0. The molecule has 0 aliphatic carbocycles. The van der Waals surface area contributed by atoms with Crippen molar-refractivity contribution in [3.63, 3.8) is 0 Å². The highest BCUT2D eigenvalue weighted by Gasteiger charge is 2.12. The Morgan fingerprint density at radius 1 is 1.35 bits per heavy atom. The molecule has 0 unspecified atom stereocenters. The van der Waals surface area contributed by atoms with E-state index in [9.17, 15) is 4.79 Å². The van der Waals surface area contributed by atoms with E-state index >= 15 is 0 Å². The lowest BCUT2D eigenvalue weighted by Gasteiger charge is -2.21. The molecule has 0 radical (unpaired) electrons. The predicted octanol–water partition coefficient (Wildman–Crippen LogP) is 2.48. The first-order valence-electron chi connectivity index (χ1n) is 6.59. The van der Waals surface area contributed by atoms with E-state index in [2.05, 4.69) is 34.2 Å². The normalized spacial score (nSPS) is 10.3. The molecule has 0 saturated carbocycles. The largest absolute Gasteiger partial charge is 0.372 e. The van der Waals surface area contributed by atoms with Crippen molar-refractivity contribution in [2.45, 2.75) is 20.8 Å². The fourth-order valence-corrected chi connectivity index (χ4v) is 1.93. The third-order valence-electron chi connectivity index (χ3n) is 2.97. The van der Waals surface area contributed by atoms with E-state index in [1.807, 2.05) is 6.07 Å². The zero-order valence-corrected chi connectivity index (χ0v) is 11.9. The van der Waals surface area contributed by atoms with Crippen LogP contribution in [0.4, 0.5) is 11.5 Å². The Morgan fingerprint density at radius 3 is 2.70 bits per heavy atom. The highest BCUT2D eigenvalue weighted by Crippen LogP contribution is 2.15. The van der Waals surface area contributed by atoms with E-state index in [0.717, 1.165) is 18.8 Å². The predicted molar refractivity (Wildman–Crippen MR) is 77.0 cm³/mol. The number of carbonyl (C=O) groups is 1. The minimum atomic E-state index is -0.299. The second-order valence-electron chi connectivity index (χ2n) is 4.35. The van der Waals surface area contributed by atoms with Gasteiger partial charge in [0.2, 0.25) is 0 Å². The van der Waals surface area contributed by atoms with Gasteiger partial charge in [-0.3, -0.25) is 9.78 Å². The van der Waals surface area contributed by atoms with Crippen molar-refractivity contribution in [3.05, 3.63) is 35.9 Å². The van der Waals surface area contributed by atoms with Crippen LogP contribution in [0, 0.1) is 6.92 Å². The fourth-order valence-electron chi connectivity index (χ4n) is 1.93. The zero-order chi connectivity index (χ0) is 14.5. The third kappa shape index (κ3) is 3.14. The van der Waals surface area contributed by atoms with Gasteiger partial charge < -0.3 is 14.7 Å². The maximum absolute atomic E-state index is 12.1. The van der Waals surface area contributed by atoms with Gasteiger partial charge in [0, 0.05) is 31.0 Å². The Labute approximate surface area is 117 Å². The van der Waals surface area contributed by atoms with Gasteiger partial charge in [-0.15, -0.1) is 0 Å². The van der Waals surface area contributed by atoms with Crippen molar-refractivity contribution >= 4 is 17.4 Å². The molecular weight excluding hydrogens is 256 g/mol. The van der Waals surface area contributed by atoms with Crippen LogP contribution < -0.4 is 10.2 Å². The Morgan fingerprint density at radius 2 is 2.10 bits per heavy atom. The lowest BCUT2D eigenvalue weighted by Crippen LogP contribution is -2.23. The lowest BCUT2D eigenvalue weighted by atomic mass is 10.2. The van der Waals surface area contributed by atoms with Crippen LogP contribution in [-0.4, -0.2) is 29.1 Å². The Balaban J connectivity index is 2.15. The van der Waals surface area contributed by atoms with Crippen molar-refractivity contribution < 1.29 is 9.32 Å². The number of pyridine rings is 1. The van der Waals surface area contributed by atoms with Crippen LogP contribution in [0.1, 0.15) is 30.1 Å². The Bertz CT molecular complexity index is 590. The van der Waals surface area contributed by atoms with E-state index in [1.54, 1.807) is 25.3 Å². The molecular formula is C14H18N4O2. The van der Waals surface area contributed by atoms with Gasteiger partial charge in [-0.25, -0.2) is 0 Å². The number of nitrogens with zero attached hydrogens (tertiary/aromatic N) is 3. The summed E-state index contributed by atoms with van der Waals surface area (Å²) in [7, 11) is 0. The molecule has 2 rings (SSSR count). The molecule has 0 saturated heterocycles. The van der Waals surface area contributed by atoms with Gasteiger partial charge >= 0.3 is 0 Å². The number of nitrogens with one attached hydrogen (secondary N) is 1. The maximum Gasteiger partial charge on any atom is 0.275 e. The van der Waals surface area contributed by atoms with Gasteiger partial charge in [0.1, 0.15) is 11.5 Å². The summed E-state index contributed by atoms with van der Waals surface area (Å²) in [5.74, 6) is 0.736. The number of rotatable bonds is 5. The summed E-state index contributed by atoms with van der Waals surface area (Å²) in [5, 5.41) is 6.38. The molecule has 6 heteroatoms. The molecule has 1 N–H and O–H groups in total. The molecule has 0 spiro atoms. The third-order valence-corrected chi connectivity index (χ3v) is 2.97. The summed E-state index contributed by atoms with van der Waals surface area (Å²) in [4.78, 5) is 18.3. The first-order valence-corrected chi connectivity index (χ1v) is 6.59. The summed E-state index contributed by atoms with van der Waals surface area (Å²) in [6, 6.07) is 5.32. The Hall–Kier alpha value is -2.37.